The van der Waals surface area contributed by atoms with Gasteiger partial charge < -0.3 is 5.11 Å². The van der Waals surface area contributed by atoms with Gasteiger partial charge in [0.2, 0.25) is 0 Å². The van der Waals surface area contributed by atoms with Crippen LogP contribution in [-0.2, 0) is 0 Å². The SMILES string of the molecule is [C-]#[N+]c1cn[nH]c1N=Nc1c(O)c(C=O)cc2ccccc12. The van der Waals surface area contributed by atoms with Gasteiger partial charge in [-0.15, -0.1) is 10.2 Å². The van der Waals surface area contributed by atoms with Crippen LogP contribution in [0, 0.1) is 6.57 Å². The summed E-state index contributed by atoms with van der Waals surface area (Å²) in [5.74, 6) is -0.0590. The zero-order valence-corrected chi connectivity index (χ0v) is 11.2. The quantitative estimate of drug-likeness (QED) is 0.433. The molecule has 3 aromatic rings. The van der Waals surface area contributed by atoms with Crippen molar-refractivity contribution >= 4 is 34.3 Å². The Morgan fingerprint density at radius 3 is 2.91 bits per heavy atom. The maximum absolute atomic E-state index is 11.1. The zero-order valence-electron chi connectivity index (χ0n) is 11.2. The van der Waals surface area contributed by atoms with E-state index in [9.17, 15) is 9.90 Å². The molecule has 0 spiro atoms. The van der Waals surface area contributed by atoms with Crippen LogP contribution < -0.4 is 0 Å². The molecule has 22 heavy (non-hydrogen) atoms. The summed E-state index contributed by atoms with van der Waals surface area (Å²) in [6.07, 6.45) is 1.89. The van der Waals surface area contributed by atoms with Crippen molar-refractivity contribution in [3.05, 3.63) is 53.5 Å². The van der Waals surface area contributed by atoms with E-state index >= 15 is 0 Å². The summed E-state index contributed by atoms with van der Waals surface area (Å²) in [5, 5.41) is 25.7. The summed E-state index contributed by atoms with van der Waals surface area (Å²) in [5.41, 5.74) is 0.521. The zero-order chi connectivity index (χ0) is 15.5. The summed E-state index contributed by atoms with van der Waals surface area (Å²) in [6, 6.07) is 8.77. The number of azo groups is 1. The molecule has 106 valence electrons. The van der Waals surface area contributed by atoms with Gasteiger partial charge in [-0.1, -0.05) is 24.3 Å². The number of aromatic nitrogens is 2. The Morgan fingerprint density at radius 2 is 2.14 bits per heavy atom. The van der Waals surface area contributed by atoms with E-state index in [1.807, 2.05) is 12.1 Å². The van der Waals surface area contributed by atoms with Crippen LogP contribution in [-0.4, -0.2) is 21.6 Å². The molecule has 0 aliphatic rings. The topological polar surface area (TPSA) is 95.1 Å². The second-order valence-corrected chi connectivity index (χ2v) is 4.42. The van der Waals surface area contributed by atoms with Crippen LogP contribution in [0.15, 0.2) is 46.8 Å². The minimum Gasteiger partial charge on any atom is -0.505 e. The third-order valence-corrected chi connectivity index (χ3v) is 3.12. The number of phenolic OH excluding ortho intramolecular Hbond substituents is 1. The van der Waals surface area contributed by atoms with E-state index in [-0.39, 0.29) is 28.5 Å². The lowest BCUT2D eigenvalue weighted by Gasteiger charge is -2.06. The largest absolute Gasteiger partial charge is 0.505 e. The Kier molecular flexibility index (Phi) is 3.34. The molecule has 0 unspecified atom stereocenters. The van der Waals surface area contributed by atoms with Crippen molar-refractivity contribution in [2.24, 2.45) is 10.2 Å². The lowest BCUT2D eigenvalue weighted by Crippen LogP contribution is -1.84. The molecule has 3 rings (SSSR count). The van der Waals surface area contributed by atoms with Crippen molar-refractivity contribution in [1.82, 2.24) is 10.2 Å². The molecule has 0 atom stereocenters. The first-order valence-corrected chi connectivity index (χ1v) is 6.27. The van der Waals surface area contributed by atoms with Crippen LogP contribution in [0.5, 0.6) is 5.75 Å². The van der Waals surface area contributed by atoms with Crippen molar-refractivity contribution in [1.29, 1.82) is 0 Å². The molecule has 7 nitrogen and oxygen atoms in total. The van der Waals surface area contributed by atoms with Gasteiger partial charge >= 0.3 is 0 Å². The van der Waals surface area contributed by atoms with E-state index in [1.54, 1.807) is 18.2 Å². The van der Waals surface area contributed by atoms with E-state index in [0.717, 1.165) is 5.39 Å². The summed E-state index contributed by atoms with van der Waals surface area (Å²) >= 11 is 0. The summed E-state index contributed by atoms with van der Waals surface area (Å²) in [7, 11) is 0. The highest BCUT2D eigenvalue weighted by atomic mass is 16.3. The van der Waals surface area contributed by atoms with E-state index in [2.05, 4.69) is 25.3 Å². The van der Waals surface area contributed by atoms with Gasteiger partial charge in [-0.25, -0.2) is 4.85 Å². The second kappa shape index (κ2) is 5.46. The third kappa shape index (κ3) is 2.19. The van der Waals surface area contributed by atoms with Crippen molar-refractivity contribution < 1.29 is 9.90 Å². The molecule has 2 aromatic carbocycles. The highest BCUT2D eigenvalue weighted by Gasteiger charge is 2.12. The monoisotopic (exact) mass is 291 g/mol. The number of hydrogen-bond acceptors (Lipinski definition) is 5. The van der Waals surface area contributed by atoms with Crippen LogP contribution in [0.4, 0.5) is 17.2 Å². The Labute approximate surface area is 124 Å². The van der Waals surface area contributed by atoms with Gasteiger partial charge in [-0.05, 0) is 11.5 Å². The number of aromatic hydroxyl groups is 1. The fourth-order valence-corrected chi connectivity index (χ4v) is 2.06. The van der Waals surface area contributed by atoms with E-state index in [0.29, 0.717) is 11.7 Å². The van der Waals surface area contributed by atoms with Crippen molar-refractivity contribution in [3.8, 4) is 5.75 Å². The van der Waals surface area contributed by atoms with Crippen molar-refractivity contribution in [3.63, 3.8) is 0 Å². The molecule has 2 N–H and O–H groups in total. The summed E-state index contributed by atoms with van der Waals surface area (Å²) in [6.45, 7) is 6.99. The standard InChI is InChI=1S/C15H9N5O2/c1-16-12-7-17-19-15(12)20-18-13-11-5-3-2-4-9(11)6-10(8-21)14(13)22/h2-8,22H,(H,17,19). The minimum absolute atomic E-state index is 0.127. The predicted octanol–water partition coefficient (Wildman–Crippen LogP) is 4.05. The number of nitrogens with zero attached hydrogens (tertiary/aromatic N) is 4. The van der Waals surface area contributed by atoms with Crippen LogP contribution >= 0.6 is 0 Å². The molecule has 0 saturated carbocycles. The average molecular weight is 291 g/mol. The van der Waals surface area contributed by atoms with Gasteiger partial charge in [0.05, 0.1) is 18.3 Å². The number of aldehydes is 1. The highest BCUT2D eigenvalue weighted by Crippen LogP contribution is 2.39. The Morgan fingerprint density at radius 1 is 1.32 bits per heavy atom. The number of phenols is 1. The molecule has 0 aliphatic heterocycles. The molecule has 1 heterocycles. The van der Waals surface area contributed by atoms with Crippen molar-refractivity contribution in [2.75, 3.05) is 0 Å². The van der Waals surface area contributed by atoms with Gasteiger partial charge in [-0.3, -0.25) is 9.89 Å². The number of carbonyl (C=O) groups is 1. The third-order valence-electron chi connectivity index (χ3n) is 3.12. The fourth-order valence-electron chi connectivity index (χ4n) is 2.06. The van der Waals surface area contributed by atoms with Crippen LogP contribution in [0.2, 0.25) is 0 Å². The molecule has 0 amide bonds. The normalized spacial score (nSPS) is 10.9. The number of aromatic amines is 1. The molecule has 0 fully saturated rings. The highest BCUT2D eigenvalue weighted by molar-refractivity contribution is 6.01. The van der Waals surface area contributed by atoms with E-state index < -0.39 is 0 Å². The Balaban J connectivity index is 2.19. The lowest BCUT2D eigenvalue weighted by atomic mass is 10.0. The second-order valence-electron chi connectivity index (χ2n) is 4.42. The molecule has 0 saturated heterocycles. The van der Waals surface area contributed by atoms with Gasteiger partial charge in [0.25, 0.3) is 5.69 Å². The molecular formula is C15H9N5O2. The molecule has 1 aromatic heterocycles. The first kappa shape index (κ1) is 13.5. The number of hydrogen-bond donors (Lipinski definition) is 2. The summed E-state index contributed by atoms with van der Waals surface area (Å²) in [4.78, 5) is 14.3. The smallest absolute Gasteiger partial charge is 0.251 e. The number of carbonyl (C=O) groups excluding carboxylic acids is 1. The van der Waals surface area contributed by atoms with Crippen molar-refractivity contribution in [2.45, 2.75) is 0 Å². The number of benzene rings is 2. The minimum atomic E-state index is -0.249. The molecule has 0 aliphatic carbocycles. The van der Waals surface area contributed by atoms with Crippen LogP contribution in [0.1, 0.15) is 10.4 Å². The maximum atomic E-state index is 11.1. The summed E-state index contributed by atoms with van der Waals surface area (Å²) < 4.78 is 0. The number of nitrogens with one attached hydrogen (secondary N) is 1. The predicted molar refractivity (Wildman–Crippen MR) is 80.0 cm³/mol. The Bertz CT molecular complexity index is 937. The molecule has 0 bridgehead atoms. The molecule has 0 radical (unpaired) electrons. The molecular weight excluding hydrogens is 282 g/mol. The number of H-pyrrole nitrogens is 1. The first-order valence-electron chi connectivity index (χ1n) is 6.27. The Hall–Kier alpha value is -3.53. The first-order chi connectivity index (χ1) is 10.7. The van der Waals surface area contributed by atoms with E-state index in [4.69, 9.17) is 6.57 Å². The van der Waals surface area contributed by atoms with Gasteiger partial charge in [0.15, 0.2) is 17.9 Å². The average Bonchev–Trinajstić information content (AvgIpc) is 3.01. The number of rotatable bonds is 3. The fraction of sp³-hybridized carbons (Fsp3) is 0. The van der Waals surface area contributed by atoms with Crippen LogP contribution in [0.25, 0.3) is 15.6 Å². The maximum Gasteiger partial charge on any atom is 0.251 e. The van der Waals surface area contributed by atoms with E-state index in [1.165, 1.54) is 6.20 Å². The van der Waals surface area contributed by atoms with Gasteiger partial charge in [-0.2, -0.15) is 5.10 Å². The van der Waals surface area contributed by atoms with Gasteiger partial charge in [0, 0.05) is 5.39 Å². The molecule has 7 heteroatoms. The van der Waals surface area contributed by atoms with Gasteiger partial charge in [0.1, 0.15) is 5.69 Å². The number of fused-ring (bicyclic) bond motifs is 1. The lowest BCUT2D eigenvalue weighted by molar-refractivity contribution is 0.112. The van der Waals surface area contributed by atoms with Crippen LogP contribution in [0.3, 0.4) is 0 Å².